The molecule has 0 fully saturated rings. The van der Waals surface area contributed by atoms with Crippen molar-refractivity contribution in [3.63, 3.8) is 0 Å². The van der Waals surface area contributed by atoms with Crippen LogP contribution >= 0.6 is 11.3 Å². The standard InChI is InChI=1S/C19H32OS/c1-3-5-6-7-8-9-10-11-12-13-14-18(20)19-16-15-17(4-2)21-19/h15-16H,3-14H2,1-2H3. The largest absolute Gasteiger partial charge is 0.293 e. The zero-order chi connectivity index (χ0) is 15.3. The van der Waals surface area contributed by atoms with Crippen molar-refractivity contribution in [1.29, 1.82) is 0 Å². The number of unbranched alkanes of at least 4 members (excludes halogenated alkanes) is 9. The van der Waals surface area contributed by atoms with Crippen molar-refractivity contribution < 1.29 is 4.79 Å². The molecule has 0 spiro atoms. The first-order valence-electron chi connectivity index (χ1n) is 8.89. The van der Waals surface area contributed by atoms with Crippen LogP contribution in [0.5, 0.6) is 0 Å². The monoisotopic (exact) mass is 308 g/mol. The van der Waals surface area contributed by atoms with E-state index < -0.39 is 0 Å². The maximum Gasteiger partial charge on any atom is 0.172 e. The Bertz CT molecular complexity index is 381. The van der Waals surface area contributed by atoms with Crippen LogP contribution in [-0.4, -0.2) is 5.78 Å². The molecular formula is C19H32OS. The van der Waals surface area contributed by atoms with Crippen molar-refractivity contribution in [3.8, 4) is 0 Å². The van der Waals surface area contributed by atoms with E-state index in [1.54, 1.807) is 11.3 Å². The molecule has 21 heavy (non-hydrogen) atoms. The van der Waals surface area contributed by atoms with E-state index in [1.807, 2.05) is 6.07 Å². The van der Waals surface area contributed by atoms with Gasteiger partial charge in [0.05, 0.1) is 4.88 Å². The van der Waals surface area contributed by atoms with Crippen LogP contribution in [0.25, 0.3) is 0 Å². The maximum absolute atomic E-state index is 12.0. The first-order valence-corrected chi connectivity index (χ1v) is 9.71. The van der Waals surface area contributed by atoms with Gasteiger partial charge in [0, 0.05) is 11.3 Å². The van der Waals surface area contributed by atoms with Crippen LogP contribution in [0.4, 0.5) is 0 Å². The normalized spacial score (nSPS) is 11.0. The Morgan fingerprint density at radius 3 is 1.95 bits per heavy atom. The molecule has 0 aliphatic heterocycles. The fraction of sp³-hybridized carbons (Fsp3) is 0.737. The molecule has 0 N–H and O–H groups in total. The summed E-state index contributed by atoms with van der Waals surface area (Å²) in [5.74, 6) is 0.347. The molecule has 0 bridgehead atoms. The Labute approximate surface area is 135 Å². The highest BCUT2D eigenvalue weighted by Gasteiger charge is 2.08. The van der Waals surface area contributed by atoms with Gasteiger partial charge in [-0.05, 0) is 25.0 Å². The van der Waals surface area contributed by atoms with Gasteiger partial charge in [-0.2, -0.15) is 0 Å². The summed E-state index contributed by atoms with van der Waals surface area (Å²) >= 11 is 1.67. The smallest absolute Gasteiger partial charge is 0.172 e. The Kier molecular flexibility index (Phi) is 10.5. The third kappa shape index (κ3) is 8.40. The number of rotatable bonds is 13. The van der Waals surface area contributed by atoms with E-state index >= 15 is 0 Å². The van der Waals surface area contributed by atoms with Crippen molar-refractivity contribution in [2.45, 2.75) is 90.9 Å². The number of carbonyl (C=O) groups excluding carboxylic acids is 1. The fourth-order valence-electron chi connectivity index (χ4n) is 2.61. The molecular weight excluding hydrogens is 276 g/mol. The molecule has 0 aliphatic rings. The molecule has 120 valence electrons. The van der Waals surface area contributed by atoms with Crippen molar-refractivity contribution >= 4 is 17.1 Å². The summed E-state index contributed by atoms with van der Waals surface area (Å²) < 4.78 is 0. The number of hydrogen-bond acceptors (Lipinski definition) is 2. The molecule has 0 amide bonds. The average Bonchev–Trinajstić information content (AvgIpc) is 2.98. The van der Waals surface area contributed by atoms with Crippen LogP contribution in [0, 0.1) is 0 Å². The number of Topliss-reactive ketones (excluding diaryl/α,β-unsaturated/α-hetero) is 1. The molecule has 1 rings (SSSR count). The van der Waals surface area contributed by atoms with Crippen LogP contribution in [-0.2, 0) is 6.42 Å². The van der Waals surface area contributed by atoms with E-state index in [9.17, 15) is 4.79 Å². The second kappa shape index (κ2) is 12.0. The topological polar surface area (TPSA) is 17.1 Å². The zero-order valence-electron chi connectivity index (χ0n) is 14.0. The van der Waals surface area contributed by atoms with Crippen LogP contribution in [0.15, 0.2) is 12.1 Å². The predicted octanol–water partition coefficient (Wildman–Crippen LogP) is 6.80. The van der Waals surface area contributed by atoms with Gasteiger partial charge in [0.15, 0.2) is 5.78 Å². The Morgan fingerprint density at radius 2 is 1.43 bits per heavy atom. The molecule has 0 aliphatic carbocycles. The van der Waals surface area contributed by atoms with Gasteiger partial charge < -0.3 is 0 Å². The fourth-order valence-corrected chi connectivity index (χ4v) is 3.53. The third-order valence-electron chi connectivity index (χ3n) is 4.04. The Hall–Kier alpha value is -0.630. The van der Waals surface area contributed by atoms with E-state index in [0.717, 1.165) is 24.1 Å². The summed E-state index contributed by atoms with van der Waals surface area (Å²) in [6, 6.07) is 4.10. The van der Waals surface area contributed by atoms with Gasteiger partial charge in [0.2, 0.25) is 0 Å². The Balaban J connectivity index is 1.95. The minimum atomic E-state index is 0.347. The second-order valence-corrected chi connectivity index (χ2v) is 7.14. The average molecular weight is 309 g/mol. The van der Waals surface area contributed by atoms with Gasteiger partial charge in [0.25, 0.3) is 0 Å². The minimum absolute atomic E-state index is 0.347. The van der Waals surface area contributed by atoms with E-state index in [4.69, 9.17) is 0 Å². The summed E-state index contributed by atoms with van der Waals surface area (Å²) in [6.07, 6.45) is 15.0. The molecule has 0 radical (unpaired) electrons. The highest BCUT2D eigenvalue weighted by Crippen LogP contribution is 2.20. The molecule has 0 aromatic carbocycles. The quantitative estimate of drug-likeness (QED) is 0.289. The lowest BCUT2D eigenvalue weighted by molar-refractivity contribution is 0.0983. The van der Waals surface area contributed by atoms with Crippen LogP contribution in [0.1, 0.15) is 99.0 Å². The van der Waals surface area contributed by atoms with Crippen molar-refractivity contribution in [1.82, 2.24) is 0 Å². The van der Waals surface area contributed by atoms with Crippen LogP contribution in [0.2, 0.25) is 0 Å². The number of ketones is 1. The lowest BCUT2D eigenvalue weighted by Gasteiger charge is -2.02. The van der Waals surface area contributed by atoms with Gasteiger partial charge in [0.1, 0.15) is 0 Å². The molecule has 1 heterocycles. The second-order valence-electron chi connectivity index (χ2n) is 5.97. The Morgan fingerprint density at radius 1 is 0.857 bits per heavy atom. The van der Waals surface area contributed by atoms with Crippen molar-refractivity contribution in [2.24, 2.45) is 0 Å². The summed E-state index contributed by atoms with van der Waals surface area (Å²) in [7, 11) is 0. The molecule has 0 saturated heterocycles. The van der Waals surface area contributed by atoms with E-state index in [-0.39, 0.29) is 0 Å². The van der Waals surface area contributed by atoms with Gasteiger partial charge in [-0.15, -0.1) is 11.3 Å². The van der Waals surface area contributed by atoms with Crippen molar-refractivity contribution in [2.75, 3.05) is 0 Å². The maximum atomic E-state index is 12.0. The lowest BCUT2D eigenvalue weighted by Crippen LogP contribution is -1.95. The summed E-state index contributed by atoms with van der Waals surface area (Å²) in [5.41, 5.74) is 0. The van der Waals surface area contributed by atoms with E-state index in [0.29, 0.717) is 5.78 Å². The first-order chi connectivity index (χ1) is 10.3. The molecule has 0 saturated carbocycles. The molecule has 1 aromatic heterocycles. The molecule has 1 nitrogen and oxygen atoms in total. The van der Waals surface area contributed by atoms with Gasteiger partial charge in [-0.25, -0.2) is 0 Å². The summed E-state index contributed by atoms with van der Waals surface area (Å²) in [6.45, 7) is 4.41. The minimum Gasteiger partial charge on any atom is -0.293 e. The first kappa shape index (κ1) is 18.4. The highest BCUT2D eigenvalue weighted by molar-refractivity contribution is 7.14. The van der Waals surface area contributed by atoms with Gasteiger partial charge >= 0.3 is 0 Å². The number of thiophene rings is 1. The van der Waals surface area contributed by atoms with Gasteiger partial charge in [-0.1, -0.05) is 71.6 Å². The predicted molar refractivity (Wildman–Crippen MR) is 94.5 cm³/mol. The highest BCUT2D eigenvalue weighted by atomic mass is 32.1. The van der Waals surface area contributed by atoms with E-state index in [1.165, 1.54) is 62.7 Å². The SMILES string of the molecule is CCCCCCCCCCCCC(=O)c1ccc(CC)s1. The zero-order valence-corrected chi connectivity index (χ0v) is 14.8. The number of aryl methyl sites for hydroxylation is 1. The molecule has 2 heteroatoms. The molecule has 1 aromatic rings. The summed E-state index contributed by atoms with van der Waals surface area (Å²) in [4.78, 5) is 14.3. The molecule has 0 atom stereocenters. The molecule has 0 unspecified atom stereocenters. The van der Waals surface area contributed by atoms with E-state index in [2.05, 4.69) is 19.9 Å². The third-order valence-corrected chi connectivity index (χ3v) is 5.31. The van der Waals surface area contributed by atoms with Crippen LogP contribution < -0.4 is 0 Å². The van der Waals surface area contributed by atoms with Crippen molar-refractivity contribution in [3.05, 3.63) is 21.9 Å². The lowest BCUT2D eigenvalue weighted by atomic mass is 10.0. The van der Waals surface area contributed by atoms with Gasteiger partial charge in [-0.3, -0.25) is 4.79 Å². The van der Waals surface area contributed by atoms with Crippen LogP contribution in [0.3, 0.4) is 0 Å². The number of hydrogen-bond donors (Lipinski definition) is 0. The number of carbonyl (C=O) groups is 1. The summed E-state index contributed by atoms with van der Waals surface area (Å²) in [5, 5.41) is 0.